The summed E-state index contributed by atoms with van der Waals surface area (Å²) in [7, 11) is 0. The Hall–Kier alpha value is -1.95. The highest BCUT2D eigenvalue weighted by molar-refractivity contribution is 7.99. The zero-order chi connectivity index (χ0) is 14.5. The van der Waals surface area contributed by atoms with E-state index >= 15 is 0 Å². The molecule has 0 aliphatic heterocycles. The van der Waals surface area contributed by atoms with E-state index in [1.807, 2.05) is 26.0 Å². The fourth-order valence-corrected chi connectivity index (χ4v) is 2.54. The maximum Gasteiger partial charge on any atom is 0.253 e. The molecule has 1 aromatic carbocycles. The van der Waals surface area contributed by atoms with Crippen molar-refractivity contribution in [1.29, 1.82) is 0 Å². The number of nitrogens with one attached hydrogen (secondary N) is 1. The molecule has 0 saturated heterocycles. The third kappa shape index (κ3) is 4.31. The van der Waals surface area contributed by atoms with Crippen LogP contribution < -0.4 is 16.0 Å². The Morgan fingerprint density at radius 3 is 2.60 bits per heavy atom. The van der Waals surface area contributed by atoms with E-state index in [2.05, 4.69) is 16.0 Å². The molecule has 1 heterocycles. The van der Waals surface area contributed by atoms with Crippen molar-refractivity contribution in [2.24, 2.45) is 0 Å². The molecule has 1 aromatic heterocycles. The highest BCUT2D eigenvalue weighted by Gasteiger charge is 2.01. The molecule has 6 heteroatoms. The van der Waals surface area contributed by atoms with Gasteiger partial charge in [0.25, 0.3) is 5.56 Å². The quantitative estimate of drug-likeness (QED) is 0.501. The van der Waals surface area contributed by atoms with E-state index in [0.29, 0.717) is 17.5 Å². The van der Waals surface area contributed by atoms with Gasteiger partial charge in [0.2, 0.25) is 0 Å². The first-order valence-electron chi connectivity index (χ1n) is 6.24. The molecule has 2 rings (SSSR count). The van der Waals surface area contributed by atoms with Gasteiger partial charge in [0.1, 0.15) is 11.6 Å². The first kappa shape index (κ1) is 14.5. The predicted molar refractivity (Wildman–Crippen MR) is 81.4 cm³/mol. The zero-order valence-electron chi connectivity index (χ0n) is 11.5. The summed E-state index contributed by atoms with van der Waals surface area (Å²) in [4.78, 5) is 17.9. The van der Waals surface area contributed by atoms with Crippen LogP contribution in [0.4, 0.5) is 5.82 Å². The lowest BCUT2D eigenvalue weighted by atomic mass is 10.1. The Kier molecular flexibility index (Phi) is 4.68. The summed E-state index contributed by atoms with van der Waals surface area (Å²) in [6, 6.07) is 7.36. The van der Waals surface area contributed by atoms with Gasteiger partial charge in [-0.1, -0.05) is 17.8 Å². The van der Waals surface area contributed by atoms with Gasteiger partial charge in [-0.3, -0.25) is 4.79 Å². The summed E-state index contributed by atoms with van der Waals surface area (Å²) < 4.78 is 5.68. The van der Waals surface area contributed by atoms with Crippen LogP contribution in [0.15, 0.2) is 34.2 Å². The first-order chi connectivity index (χ1) is 9.52. The van der Waals surface area contributed by atoms with Crippen molar-refractivity contribution in [1.82, 2.24) is 9.97 Å². The van der Waals surface area contributed by atoms with E-state index in [4.69, 9.17) is 10.5 Å². The average Bonchev–Trinajstić information content (AvgIpc) is 2.32. The monoisotopic (exact) mass is 291 g/mol. The van der Waals surface area contributed by atoms with Crippen molar-refractivity contribution in [2.75, 3.05) is 18.1 Å². The van der Waals surface area contributed by atoms with Gasteiger partial charge in [-0.2, -0.15) is 0 Å². The van der Waals surface area contributed by atoms with Crippen LogP contribution in [-0.2, 0) is 0 Å². The first-order valence-corrected chi connectivity index (χ1v) is 7.22. The van der Waals surface area contributed by atoms with E-state index in [9.17, 15) is 4.79 Å². The average molecular weight is 291 g/mol. The van der Waals surface area contributed by atoms with E-state index in [1.54, 1.807) is 0 Å². The maximum atomic E-state index is 11.2. The molecule has 106 valence electrons. The summed E-state index contributed by atoms with van der Waals surface area (Å²) in [5, 5.41) is 0.513. The SMILES string of the molecule is Cc1cc(C)cc(OCCSc2nc(N)cc(=O)[nH]2)c1. The number of benzene rings is 1. The zero-order valence-corrected chi connectivity index (χ0v) is 12.3. The van der Waals surface area contributed by atoms with Gasteiger partial charge >= 0.3 is 0 Å². The molecule has 0 fully saturated rings. The van der Waals surface area contributed by atoms with Gasteiger partial charge in [0.15, 0.2) is 5.16 Å². The van der Waals surface area contributed by atoms with Crippen molar-refractivity contribution in [3.63, 3.8) is 0 Å². The molecule has 0 aliphatic rings. The number of nitrogens with two attached hydrogens (primary N) is 1. The second-order valence-electron chi connectivity index (χ2n) is 4.50. The molecule has 0 bridgehead atoms. The third-order valence-corrected chi connectivity index (χ3v) is 3.36. The molecule has 3 N–H and O–H groups in total. The lowest BCUT2D eigenvalue weighted by Crippen LogP contribution is -2.10. The van der Waals surface area contributed by atoms with Crippen LogP contribution in [0.2, 0.25) is 0 Å². The van der Waals surface area contributed by atoms with Gasteiger partial charge in [-0.15, -0.1) is 0 Å². The van der Waals surface area contributed by atoms with Gasteiger partial charge < -0.3 is 15.5 Å². The molecular weight excluding hydrogens is 274 g/mol. The van der Waals surface area contributed by atoms with Crippen LogP contribution in [0.5, 0.6) is 5.75 Å². The minimum absolute atomic E-state index is 0.228. The number of hydrogen-bond acceptors (Lipinski definition) is 5. The summed E-state index contributed by atoms with van der Waals surface area (Å²) in [6.07, 6.45) is 0. The van der Waals surface area contributed by atoms with E-state index in [-0.39, 0.29) is 11.4 Å². The molecule has 0 radical (unpaired) electrons. The van der Waals surface area contributed by atoms with Crippen molar-refractivity contribution >= 4 is 17.6 Å². The highest BCUT2D eigenvalue weighted by Crippen LogP contribution is 2.17. The minimum atomic E-state index is -0.241. The number of aromatic nitrogens is 2. The van der Waals surface area contributed by atoms with Crippen LogP contribution in [0.25, 0.3) is 0 Å². The van der Waals surface area contributed by atoms with Crippen LogP contribution in [0.1, 0.15) is 11.1 Å². The number of aromatic amines is 1. The molecule has 0 unspecified atom stereocenters. The predicted octanol–water partition coefficient (Wildman–Crippen LogP) is 2.14. The molecule has 5 nitrogen and oxygen atoms in total. The standard InChI is InChI=1S/C14H17N3O2S/c1-9-5-10(2)7-11(6-9)19-3-4-20-14-16-12(15)8-13(18)17-14/h5-8H,3-4H2,1-2H3,(H3,15,16,17,18). The Bertz CT molecular complexity index is 635. The Morgan fingerprint density at radius 1 is 1.25 bits per heavy atom. The second kappa shape index (κ2) is 6.47. The number of anilines is 1. The molecule has 0 amide bonds. The number of hydrogen-bond donors (Lipinski definition) is 2. The lowest BCUT2D eigenvalue weighted by molar-refractivity contribution is 0.343. The van der Waals surface area contributed by atoms with Crippen molar-refractivity contribution in [3.8, 4) is 5.75 Å². The van der Waals surface area contributed by atoms with E-state index in [1.165, 1.54) is 29.0 Å². The van der Waals surface area contributed by atoms with E-state index < -0.39 is 0 Å². The highest BCUT2D eigenvalue weighted by atomic mass is 32.2. The number of aryl methyl sites for hydroxylation is 2. The molecule has 0 saturated carbocycles. The Balaban J connectivity index is 1.85. The second-order valence-corrected chi connectivity index (χ2v) is 5.58. The molecule has 20 heavy (non-hydrogen) atoms. The number of H-pyrrole nitrogens is 1. The summed E-state index contributed by atoms with van der Waals surface area (Å²) >= 11 is 1.40. The molecule has 0 atom stereocenters. The van der Waals surface area contributed by atoms with Gasteiger partial charge in [0.05, 0.1) is 6.61 Å². The largest absolute Gasteiger partial charge is 0.493 e. The van der Waals surface area contributed by atoms with Crippen LogP contribution >= 0.6 is 11.8 Å². The number of nitrogen functional groups attached to an aromatic ring is 1. The fraction of sp³-hybridized carbons (Fsp3) is 0.286. The lowest BCUT2D eigenvalue weighted by Gasteiger charge is -2.08. The Morgan fingerprint density at radius 2 is 1.95 bits per heavy atom. The number of thioether (sulfide) groups is 1. The topological polar surface area (TPSA) is 81.0 Å². The van der Waals surface area contributed by atoms with Crippen molar-refractivity contribution in [3.05, 3.63) is 45.7 Å². The van der Waals surface area contributed by atoms with Crippen molar-refractivity contribution in [2.45, 2.75) is 19.0 Å². The number of nitrogens with zero attached hydrogens (tertiary/aromatic N) is 1. The number of ether oxygens (including phenoxy) is 1. The molecule has 0 spiro atoms. The summed E-state index contributed by atoms with van der Waals surface area (Å²) in [6.45, 7) is 4.61. The summed E-state index contributed by atoms with van der Waals surface area (Å²) in [5.74, 6) is 1.77. The van der Waals surface area contributed by atoms with Crippen molar-refractivity contribution < 1.29 is 4.74 Å². The normalized spacial score (nSPS) is 10.5. The van der Waals surface area contributed by atoms with Crippen LogP contribution in [-0.4, -0.2) is 22.3 Å². The Labute approximate surface area is 121 Å². The number of rotatable bonds is 5. The minimum Gasteiger partial charge on any atom is -0.493 e. The fourth-order valence-electron chi connectivity index (χ4n) is 1.84. The molecule has 2 aromatic rings. The van der Waals surface area contributed by atoms with Crippen LogP contribution in [0, 0.1) is 13.8 Å². The van der Waals surface area contributed by atoms with Gasteiger partial charge in [0, 0.05) is 11.8 Å². The summed E-state index contributed by atoms with van der Waals surface area (Å²) in [5.41, 5.74) is 7.62. The molecular formula is C14H17N3O2S. The maximum absolute atomic E-state index is 11.2. The third-order valence-electron chi connectivity index (χ3n) is 2.53. The van der Waals surface area contributed by atoms with Crippen LogP contribution in [0.3, 0.4) is 0 Å². The van der Waals surface area contributed by atoms with Gasteiger partial charge in [-0.25, -0.2) is 4.98 Å². The van der Waals surface area contributed by atoms with E-state index in [0.717, 1.165) is 5.75 Å². The van der Waals surface area contributed by atoms with Gasteiger partial charge in [-0.05, 0) is 37.1 Å². The smallest absolute Gasteiger partial charge is 0.253 e. The molecule has 0 aliphatic carbocycles.